The van der Waals surface area contributed by atoms with Gasteiger partial charge < -0.3 is 19.9 Å². The van der Waals surface area contributed by atoms with Crippen LogP contribution in [0.3, 0.4) is 0 Å². The number of hydrogen-bond donors (Lipinski definition) is 3. The van der Waals surface area contributed by atoms with Crippen molar-refractivity contribution in [1.82, 2.24) is 10.2 Å². The molecule has 7 nitrogen and oxygen atoms in total. The minimum absolute atomic E-state index is 0.0182. The third kappa shape index (κ3) is 3.57. The number of aromatic nitrogens is 2. The highest BCUT2D eigenvalue weighted by molar-refractivity contribution is 6.31. The summed E-state index contributed by atoms with van der Waals surface area (Å²) in [6.45, 7) is 0. The molecule has 0 aliphatic rings. The van der Waals surface area contributed by atoms with Gasteiger partial charge in [-0.15, -0.1) is 0 Å². The molecule has 3 aromatic rings. The lowest BCUT2D eigenvalue weighted by atomic mass is 10.1. The first-order valence-corrected chi connectivity index (χ1v) is 7.97. The fourth-order valence-electron chi connectivity index (χ4n) is 2.38. The molecule has 0 bridgehead atoms. The largest absolute Gasteiger partial charge is 0.507 e. The van der Waals surface area contributed by atoms with Crippen molar-refractivity contribution >= 4 is 23.2 Å². The van der Waals surface area contributed by atoms with Crippen molar-refractivity contribution in [3.05, 3.63) is 53.2 Å². The Morgan fingerprint density at radius 3 is 2.69 bits per heavy atom. The Morgan fingerprint density at radius 1 is 1.15 bits per heavy atom. The molecule has 1 amide bonds. The average molecular weight is 374 g/mol. The van der Waals surface area contributed by atoms with Crippen LogP contribution in [0, 0.1) is 0 Å². The molecule has 0 saturated heterocycles. The maximum absolute atomic E-state index is 12.5. The van der Waals surface area contributed by atoms with Gasteiger partial charge in [-0.2, -0.15) is 5.10 Å². The highest BCUT2D eigenvalue weighted by Gasteiger charge is 2.15. The smallest absolute Gasteiger partial charge is 0.273 e. The van der Waals surface area contributed by atoms with E-state index in [0.29, 0.717) is 33.5 Å². The lowest BCUT2D eigenvalue weighted by molar-refractivity contribution is 0.102. The number of phenolic OH excluding ortho intramolecular Hbond substituents is 1. The second-order valence-electron chi connectivity index (χ2n) is 5.35. The maximum atomic E-state index is 12.5. The number of aromatic amines is 1. The van der Waals surface area contributed by atoms with Crippen molar-refractivity contribution in [3.8, 4) is 28.5 Å². The van der Waals surface area contributed by atoms with Gasteiger partial charge in [0.2, 0.25) is 0 Å². The van der Waals surface area contributed by atoms with E-state index in [-0.39, 0.29) is 11.4 Å². The van der Waals surface area contributed by atoms with Crippen molar-refractivity contribution < 1.29 is 19.4 Å². The summed E-state index contributed by atoms with van der Waals surface area (Å²) >= 11 is 5.95. The summed E-state index contributed by atoms with van der Waals surface area (Å²) in [4.78, 5) is 12.5. The molecule has 0 aliphatic carbocycles. The van der Waals surface area contributed by atoms with Crippen LogP contribution in [0.2, 0.25) is 5.02 Å². The standard InChI is InChI=1S/C18H16ClN3O4/c1-25-11-4-5-13(17(8-11)26-2)20-18(24)15-9-14(21-22-15)12-7-10(19)3-6-16(12)23/h3-9,23H,1-2H3,(H,20,24)(H,21,22). The van der Waals surface area contributed by atoms with Crippen LogP contribution in [0.5, 0.6) is 17.2 Å². The molecule has 0 fully saturated rings. The maximum Gasteiger partial charge on any atom is 0.273 e. The number of halogens is 1. The Balaban J connectivity index is 1.84. The van der Waals surface area contributed by atoms with Gasteiger partial charge in [0.15, 0.2) is 0 Å². The van der Waals surface area contributed by atoms with Gasteiger partial charge in [0.1, 0.15) is 22.9 Å². The second-order valence-corrected chi connectivity index (χ2v) is 5.79. The number of methoxy groups -OCH3 is 2. The van der Waals surface area contributed by atoms with Crippen LogP contribution in [-0.4, -0.2) is 35.4 Å². The van der Waals surface area contributed by atoms with Gasteiger partial charge in [0.25, 0.3) is 5.91 Å². The van der Waals surface area contributed by atoms with E-state index in [1.807, 2.05) is 0 Å². The van der Waals surface area contributed by atoms with Gasteiger partial charge in [-0.1, -0.05) is 11.6 Å². The van der Waals surface area contributed by atoms with Crippen LogP contribution in [-0.2, 0) is 0 Å². The first-order valence-electron chi connectivity index (χ1n) is 7.59. The molecular formula is C18H16ClN3O4. The Hall–Kier alpha value is -3.19. The lowest BCUT2D eigenvalue weighted by Crippen LogP contribution is -2.13. The number of ether oxygens (including phenoxy) is 2. The summed E-state index contributed by atoms with van der Waals surface area (Å²) in [5.41, 5.74) is 1.53. The molecule has 0 atom stereocenters. The molecule has 0 radical (unpaired) electrons. The molecule has 0 saturated carbocycles. The van der Waals surface area contributed by atoms with Crippen molar-refractivity contribution in [2.24, 2.45) is 0 Å². The molecule has 8 heteroatoms. The summed E-state index contributed by atoms with van der Waals surface area (Å²) in [6.07, 6.45) is 0. The predicted octanol–water partition coefficient (Wildman–Crippen LogP) is 3.71. The van der Waals surface area contributed by atoms with Gasteiger partial charge in [-0.25, -0.2) is 0 Å². The van der Waals surface area contributed by atoms with Crippen molar-refractivity contribution in [1.29, 1.82) is 0 Å². The summed E-state index contributed by atoms with van der Waals surface area (Å²) in [5.74, 6) is 0.684. The first kappa shape index (κ1) is 17.6. The average Bonchev–Trinajstić information content (AvgIpc) is 3.14. The van der Waals surface area contributed by atoms with Crippen molar-refractivity contribution in [3.63, 3.8) is 0 Å². The summed E-state index contributed by atoms with van der Waals surface area (Å²) in [7, 11) is 3.05. The molecular weight excluding hydrogens is 358 g/mol. The molecule has 134 valence electrons. The molecule has 0 unspecified atom stereocenters. The minimum atomic E-state index is -0.409. The lowest BCUT2D eigenvalue weighted by Gasteiger charge is -2.10. The summed E-state index contributed by atoms with van der Waals surface area (Å²) in [6, 6.07) is 11.2. The van der Waals surface area contributed by atoms with Crippen molar-refractivity contribution in [2.75, 3.05) is 19.5 Å². The van der Waals surface area contributed by atoms with Gasteiger partial charge in [0.05, 0.1) is 25.6 Å². The number of nitrogens with one attached hydrogen (secondary N) is 2. The van der Waals surface area contributed by atoms with Crippen LogP contribution >= 0.6 is 11.6 Å². The molecule has 0 spiro atoms. The van der Waals surface area contributed by atoms with Crippen molar-refractivity contribution in [2.45, 2.75) is 0 Å². The number of rotatable bonds is 5. The SMILES string of the molecule is COc1ccc(NC(=O)c2cc(-c3cc(Cl)ccc3O)n[nH]2)c(OC)c1. The number of hydrogen-bond acceptors (Lipinski definition) is 5. The number of H-pyrrole nitrogens is 1. The third-order valence-electron chi connectivity index (χ3n) is 3.71. The third-order valence-corrected chi connectivity index (χ3v) is 3.95. The zero-order chi connectivity index (χ0) is 18.7. The monoisotopic (exact) mass is 373 g/mol. The second kappa shape index (κ2) is 7.37. The van der Waals surface area contributed by atoms with E-state index < -0.39 is 5.91 Å². The van der Waals surface area contributed by atoms with Gasteiger partial charge in [-0.3, -0.25) is 9.89 Å². The van der Waals surface area contributed by atoms with E-state index in [1.54, 1.807) is 37.4 Å². The fraction of sp³-hybridized carbons (Fsp3) is 0.111. The number of benzene rings is 2. The summed E-state index contributed by atoms with van der Waals surface area (Å²) < 4.78 is 10.4. The van der Waals surface area contributed by atoms with E-state index in [2.05, 4.69) is 15.5 Å². The molecule has 1 heterocycles. The molecule has 3 N–H and O–H groups in total. The number of aromatic hydroxyl groups is 1. The highest BCUT2D eigenvalue weighted by Crippen LogP contribution is 2.32. The van der Waals surface area contributed by atoms with Crippen LogP contribution in [0.4, 0.5) is 5.69 Å². The predicted molar refractivity (Wildman–Crippen MR) is 98.2 cm³/mol. The molecule has 3 rings (SSSR count). The van der Waals surface area contributed by atoms with E-state index in [1.165, 1.54) is 19.2 Å². The summed E-state index contributed by atoms with van der Waals surface area (Å²) in [5, 5.41) is 19.9. The number of anilines is 1. The van der Waals surface area contributed by atoms with Crippen LogP contribution in [0.1, 0.15) is 10.5 Å². The van der Waals surface area contributed by atoms with Crippen LogP contribution < -0.4 is 14.8 Å². The molecule has 2 aromatic carbocycles. The highest BCUT2D eigenvalue weighted by atomic mass is 35.5. The fourth-order valence-corrected chi connectivity index (χ4v) is 2.55. The van der Waals surface area contributed by atoms with E-state index in [4.69, 9.17) is 21.1 Å². The number of carbonyl (C=O) groups excluding carboxylic acids is 1. The van der Waals surface area contributed by atoms with Crippen LogP contribution in [0.15, 0.2) is 42.5 Å². The Kier molecular flexibility index (Phi) is 4.99. The zero-order valence-electron chi connectivity index (χ0n) is 14.0. The number of amides is 1. The normalized spacial score (nSPS) is 10.4. The zero-order valence-corrected chi connectivity index (χ0v) is 14.8. The quantitative estimate of drug-likeness (QED) is 0.633. The van der Waals surface area contributed by atoms with Gasteiger partial charge >= 0.3 is 0 Å². The van der Waals surface area contributed by atoms with Gasteiger partial charge in [-0.05, 0) is 36.4 Å². The Labute approximate surface area is 154 Å². The van der Waals surface area contributed by atoms with Gasteiger partial charge in [0, 0.05) is 16.7 Å². The number of phenols is 1. The van der Waals surface area contributed by atoms with E-state index in [0.717, 1.165) is 0 Å². The molecule has 26 heavy (non-hydrogen) atoms. The molecule has 1 aromatic heterocycles. The van der Waals surface area contributed by atoms with E-state index in [9.17, 15) is 9.90 Å². The van der Waals surface area contributed by atoms with E-state index >= 15 is 0 Å². The Morgan fingerprint density at radius 2 is 1.96 bits per heavy atom. The molecule has 0 aliphatic heterocycles. The minimum Gasteiger partial charge on any atom is -0.507 e. The number of nitrogens with zero attached hydrogens (tertiary/aromatic N) is 1. The topological polar surface area (TPSA) is 96.5 Å². The first-order chi connectivity index (χ1) is 12.5. The van der Waals surface area contributed by atoms with Crippen LogP contribution in [0.25, 0.3) is 11.3 Å². The number of carbonyl (C=O) groups is 1. The Bertz CT molecular complexity index is 955.